The Morgan fingerprint density at radius 2 is 1.87 bits per heavy atom. The van der Waals surface area contributed by atoms with Crippen LogP contribution in [0, 0.1) is 0 Å². The minimum atomic E-state index is -0.916. The molecule has 0 radical (unpaired) electrons. The standard InChI is InChI=1S/C12H25N2O.C5H8O3/c1-5-9-14(3,4)10-8-13-11(2)6-7-12(13)15;1-4(6)2-3-5(7)8/h11H,5-10H2,1-4H3;2-3H2,1H3,(H,7,8)/q+1;. The second-order valence-corrected chi connectivity index (χ2v) is 6.95. The van der Waals surface area contributed by atoms with Crippen molar-refractivity contribution in [2.24, 2.45) is 0 Å². The SMILES string of the molecule is CC(=O)CCC(=O)O.CCC[N+](C)(C)CCN1C(=O)CCC1C. The molecule has 0 aromatic rings. The lowest BCUT2D eigenvalue weighted by molar-refractivity contribution is -0.889. The highest BCUT2D eigenvalue weighted by atomic mass is 16.4. The molecule has 6 nitrogen and oxygen atoms in total. The van der Waals surface area contributed by atoms with Crippen LogP contribution in [0.5, 0.6) is 0 Å². The number of rotatable bonds is 8. The summed E-state index contributed by atoms with van der Waals surface area (Å²) in [4.78, 5) is 33.5. The van der Waals surface area contributed by atoms with Gasteiger partial charge in [-0.2, -0.15) is 0 Å². The highest BCUT2D eigenvalue weighted by Gasteiger charge is 2.28. The van der Waals surface area contributed by atoms with E-state index in [1.807, 2.05) is 0 Å². The summed E-state index contributed by atoms with van der Waals surface area (Å²) in [5, 5.41) is 8.01. The predicted molar refractivity (Wildman–Crippen MR) is 90.1 cm³/mol. The summed E-state index contributed by atoms with van der Waals surface area (Å²) in [6.45, 7) is 8.94. The zero-order valence-corrected chi connectivity index (χ0v) is 15.3. The zero-order chi connectivity index (χ0) is 18.0. The van der Waals surface area contributed by atoms with E-state index in [4.69, 9.17) is 5.11 Å². The van der Waals surface area contributed by atoms with Crippen molar-refractivity contribution >= 4 is 17.7 Å². The summed E-state index contributed by atoms with van der Waals surface area (Å²) in [6, 6.07) is 0.458. The number of Topliss-reactive ketones (excluding diaryl/α,β-unsaturated/α-hetero) is 1. The molecule has 0 aromatic heterocycles. The van der Waals surface area contributed by atoms with Crippen molar-refractivity contribution in [2.75, 3.05) is 33.7 Å². The maximum absolute atomic E-state index is 11.6. The molecule has 0 spiro atoms. The molecule has 1 aliphatic heterocycles. The van der Waals surface area contributed by atoms with Gasteiger partial charge in [-0.15, -0.1) is 0 Å². The van der Waals surface area contributed by atoms with E-state index in [1.165, 1.54) is 19.9 Å². The lowest BCUT2D eigenvalue weighted by Gasteiger charge is -2.32. The van der Waals surface area contributed by atoms with Crippen molar-refractivity contribution in [3.05, 3.63) is 0 Å². The van der Waals surface area contributed by atoms with Crippen LogP contribution in [0.25, 0.3) is 0 Å². The Kier molecular flexibility index (Phi) is 9.72. The van der Waals surface area contributed by atoms with Gasteiger partial charge in [0.1, 0.15) is 5.78 Å². The lowest BCUT2D eigenvalue weighted by atomic mass is 10.2. The van der Waals surface area contributed by atoms with Crippen LogP contribution in [0.2, 0.25) is 0 Å². The lowest BCUT2D eigenvalue weighted by Crippen LogP contribution is -2.47. The number of hydrogen-bond donors (Lipinski definition) is 1. The maximum atomic E-state index is 11.6. The number of carboxylic acids is 1. The van der Waals surface area contributed by atoms with Gasteiger partial charge in [-0.05, 0) is 26.7 Å². The highest BCUT2D eigenvalue weighted by molar-refractivity contribution is 5.80. The van der Waals surface area contributed by atoms with E-state index in [0.29, 0.717) is 11.9 Å². The number of ketones is 1. The third kappa shape index (κ3) is 10.0. The van der Waals surface area contributed by atoms with Gasteiger partial charge in [-0.25, -0.2) is 0 Å². The van der Waals surface area contributed by atoms with Crippen LogP contribution < -0.4 is 0 Å². The van der Waals surface area contributed by atoms with Gasteiger partial charge in [0.2, 0.25) is 5.91 Å². The second kappa shape index (κ2) is 10.4. The van der Waals surface area contributed by atoms with Crippen molar-refractivity contribution < 1.29 is 24.0 Å². The van der Waals surface area contributed by atoms with Crippen LogP contribution >= 0.6 is 0 Å². The van der Waals surface area contributed by atoms with Crippen LogP contribution in [0.15, 0.2) is 0 Å². The van der Waals surface area contributed by atoms with Crippen LogP contribution in [-0.4, -0.2) is 71.9 Å². The number of aliphatic carboxylic acids is 1. The number of likely N-dealkylation sites (N-methyl/N-ethyl adjacent to an activating group) is 1. The molecular formula is C17H33N2O4+. The number of carboxylic acid groups (broad SMARTS) is 1. The number of likely N-dealkylation sites (tertiary alicyclic amines) is 1. The van der Waals surface area contributed by atoms with Gasteiger partial charge in [-0.3, -0.25) is 9.59 Å². The van der Waals surface area contributed by atoms with Crippen LogP contribution in [0.1, 0.15) is 52.9 Å². The molecule has 1 heterocycles. The van der Waals surface area contributed by atoms with Crippen LogP contribution in [-0.2, 0) is 14.4 Å². The molecule has 1 N–H and O–H groups in total. The average molecular weight is 329 g/mol. The topological polar surface area (TPSA) is 74.7 Å². The summed E-state index contributed by atoms with van der Waals surface area (Å²) in [7, 11) is 4.49. The number of quaternary nitrogens is 1. The highest BCUT2D eigenvalue weighted by Crippen LogP contribution is 2.17. The summed E-state index contributed by atoms with van der Waals surface area (Å²) in [6.07, 6.45) is 3.10. The summed E-state index contributed by atoms with van der Waals surface area (Å²) < 4.78 is 1.02. The molecule has 1 aliphatic rings. The van der Waals surface area contributed by atoms with Gasteiger partial charge in [0.25, 0.3) is 0 Å². The quantitative estimate of drug-likeness (QED) is 0.691. The van der Waals surface area contributed by atoms with Crippen LogP contribution in [0.3, 0.4) is 0 Å². The van der Waals surface area contributed by atoms with Crippen molar-refractivity contribution in [3.63, 3.8) is 0 Å². The number of nitrogens with zero attached hydrogens (tertiary/aromatic N) is 2. The number of amides is 1. The van der Waals surface area contributed by atoms with Crippen molar-refractivity contribution in [1.82, 2.24) is 4.90 Å². The molecule has 134 valence electrons. The molecule has 1 fully saturated rings. The molecule has 0 saturated carbocycles. The largest absolute Gasteiger partial charge is 0.481 e. The van der Waals surface area contributed by atoms with Crippen molar-refractivity contribution in [2.45, 2.75) is 58.9 Å². The minimum absolute atomic E-state index is 0.0463. The molecular weight excluding hydrogens is 296 g/mol. The molecule has 0 aliphatic carbocycles. The molecule has 1 saturated heterocycles. The average Bonchev–Trinajstić information content (AvgIpc) is 2.74. The predicted octanol–water partition coefficient (Wildman–Crippen LogP) is 1.92. The monoisotopic (exact) mass is 329 g/mol. The smallest absolute Gasteiger partial charge is 0.303 e. The van der Waals surface area contributed by atoms with E-state index in [0.717, 1.165) is 30.4 Å². The summed E-state index contributed by atoms with van der Waals surface area (Å²) in [5.74, 6) is -0.647. The van der Waals surface area contributed by atoms with Crippen molar-refractivity contribution in [1.29, 1.82) is 0 Å². The first-order valence-electron chi connectivity index (χ1n) is 8.41. The fourth-order valence-electron chi connectivity index (χ4n) is 2.60. The third-order valence-corrected chi connectivity index (χ3v) is 4.09. The van der Waals surface area contributed by atoms with E-state index < -0.39 is 5.97 Å². The Morgan fingerprint density at radius 1 is 1.26 bits per heavy atom. The number of hydrogen-bond acceptors (Lipinski definition) is 3. The zero-order valence-electron chi connectivity index (χ0n) is 15.3. The Labute approximate surface area is 140 Å². The second-order valence-electron chi connectivity index (χ2n) is 6.95. The normalized spacial score (nSPS) is 17.7. The first kappa shape index (κ1) is 21.6. The third-order valence-electron chi connectivity index (χ3n) is 4.09. The number of carbonyl (C=O) groups is 3. The van der Waals surface area contributed by atoms with E-state index in [9.17, 15) is 14.4 Å². The molecule has 1 amide bonds. The van der Waals surface area contributed by atoms with Gasteiger partial charge in [-0.1, -0.05) is 6.92 Å². The summed E-state index contributed by atoms with van der Waals surface area (Å²) >= 11 is 0. The molecule has 0 bridgehead atoms. The van der Waals surface area contributed by atoms with E-state index in [2.05, 4.69) is 32.8 Å². The minimum Gasteiger partial charge on any atom is -0.481 e. The molecule has 6 heteroatoms. The fourth-order valence-corrected chi connectivity index (χ4v) is 2.60. The Bertz CT molecular complexity index is 393. The molecule has 0 aromatic carbocycles. The molecule has 1 atom stereocenters. The van der Waals surface area contributed by atoms with Gasteiger partial charge < -0.3 is 19.3 Å². The van der Waals surface area contributed by atoms with E-state index >= 15 is 0 Å². The molecule has 1 unspecified atom stereocenters. The van der Waals surface area contributed by atoms with Gasteiger partial charge in [0, 0.05) is 18.9 Å². The van der Waals surface area contributed by atoms with Gasteiger partial charge in [0.15, 0.2) is 0 Å². The fraction of sp³-hybridized carbons (Fsp3) is 0.824. The van der Waals surface area contributed by atoms with Crippen LogP contribution in [0.4, 0.5) is 0 Å². The molecule has 1 rings (SSSR count). The Morgan fingerprint density at radius 3 is 2.22 bits per heavy atom. The van der Waals surface area contributed by atoms with Gasteiger partial charge in [0.05, 0.1) is 40.2 Å². The Balaban J connectivity index is 0.000000515. The number of carbonyl (C=O) groups excluding carboxylic acids is 2. The van der Waals surface area contributed by atoms with Crippen molar-refractivity contribution in [3.8, 4) is 0 Å². The van der Waals surface area contributed by atoms with E-state index in [1.54, 1.807) is 0 Å². The first-order valence-corrected chi connectivity index (χ1v) is 8.41. The van der Waals surface area contributed by atoms with Gasteiger partial charge >= 0.3 is 5.97 Å². The Hall–Kier alpha value is -1.43. The first-order chi connectivity index (χ1) is 10.6. The van der Waals surface area contributed by atoms with E-state index in [-0.39, 0.29) is 18.6 Å². The maximum Gasteiger partial charge on any atom is 0.303 e. The summed E-state index contributed by atoms with van der Waals surface area (Å²) in [5.41, 5.74) is 0. The molecule has 23 heavy (non-hydrogen) atoms.